The second-order valence-corrected chi connectivity index (χ2v) is 6.91. The van der Waals surface area contributed by atoms with Crippen LogP contribution in [0.15, 0.2) is 18.2 Å². The SMILES string of the molecule is CC(C)COc1ccc(CC(=O)OC(C)C)cc1OCC(C)C. The van der Waals surface area contributed by atoms with Crippen LogP contribution >= 0.6 is 0 Å². The maximum Gasteiger partial charge on any atom is 0.310 e. The van der Waals surface area contributed by atoms with Crippen molar-refractivity contribution < 1.29 is 19.0 Å². The quantitative estimate of drug-likeness (QED) is 0.638. The van der Waals surface area contributed by atoms with Crippen molar-refractivity contribution in [3.63, 3.8) is 0 Å². The van der Waals surface area contributed by atoms with Crippen LogP contribution in [0.1, 0.15) is 47.1 Å². The van der Waals surface area contributed by atoms with Crippen molar-refractivity contribution in [3.05, 3.63) is 23.8 Å². The van der Waals surface area contributed by atoms with Crippen molar-refractivity contribution in [1.82, 2.24) is 0 Å². The highest BCUT2D eigenvalue weighted by Crippen LogP contribution is 2.29. The highest BCUT2D eigenvalue weighted by atomic mass is 16.5. The molecule has 0 bridgehead atoms. The zero-order valence-electron chi connectivity index (χ0n) is 15.2. The van der Waals surface area contributed by atoms with E-state index in [9.17, 15) is 4.79 Å². The Bertz CT molecular complexity index is 492. The number of rotatable bonds is 9. The Hall–Kier alpha value is -1.71. The predicted molar refractivity (Wildman–Crippen MR) is 92.0 cm³/mol. The van der Waals surface area contributed by atoms with Crippen molar-refractivity contribution >= 4 is 5.97 Å². The van der Waals surface area contributed by atoms with Gasteiger partial charge in [0.25, 0.3) is 0 Å². The van der Waals surface area contributed by atoms with E-state index >= 15 is 0 Å². The summed E-state index contributed by atoms with van der Waals surface area (Å²) in [6.07, 6.45) is 0.133. The number of hydrogen-bond donors (Lipinski definition) is 0. The van der Waals surface area contributed by atoms with Gasteiger partial charge in [-0.05, 0) is 43.4 Å². The Kier molecular flexibility index (Phi) is 7.93. The van der Waals surface area contributed by atoms with Gasteiger partial charge in [-0.25, -0.2) is 0 Å². The van der Waals surface area contributed by atoms with Gasteiger partial charge in [0.15, 0.2) is 11.5 Å². The molecule has 0 amide bonds. The minimum Gasteiger partial charge on any atom is -0.489 e. The number of esters is 1. The molecular weight excluding hydrogens is 292 g/mol. The van der Waals surface area contributed by atoms with E-state index in [0.29, 0.717) is 30.8 Å². The van der Waals surface area contributed by atoms with Gasteiger partial charge in [-0.2, -0.15) is 0 Å². The Morgan fingerprint density at radius 2 is 1.48 bits per heavy atom. The molecular formula is C19H30O4. The molecule has 0 fully saturated rings. The van der Waals surface area contributed by atoms with Gasteiger partial charge in [-0.15, -0.1) is 0 Å². The molecule has 0 aromatic heterocycles. The molecule has 4 heteroatoms. The summed E-state index contributed by atoms with van der Waals surface area (Å²) in [5, 5.41) is 0. The van der Waals surface area contributed by atoms with Crippen LogP contribution in [0.3, 0.4) is 0 Å². The molecule has 0 atom stereocenters. The summed E-state index contributed by atoms with van der Waals surface area (Å²) in [6.45, 7) is 13.3. The fourth-order valence-electron chi connectivity index (χ4n) is 1.88. The van der Waals surface area contributed by atoms with Gasteiger partial charge < -0.3 is 14.2 Å². The van der Waals surface area contributed by atoms with Crippen LogP contribution in [0.4, 0.5) is 0 Å². The molecule has 4 nitrogen and oxygen atoms in total. The van der Waals surface area contributed by atoms with Crippen LogP contribution < -0.4 is 9.47 Å². The van der Waals surface area contributed by atoms with E-state index in [2.05, 4.69) is 27.7 Å². The summed E-state index contributed by atoms with van der Waals surface area (Å²) in [7, 11) is 0. The predicted octanol–water partition coefficient (Wildman–Crippen LogP) is 4.25. The maximum absolute atomic E-state index is 11.8. The monoisotopic (exact) mass is 322 g/mol. The summed E-state index contributed by atoms with van der Waals surface area (Å²) < 4.78 is 16.9. The van der Waals surface area contributed by atoms with Gasteiger partial charge in [0, 0.05) is 0 Å². The fraction of sp³-hybridized carbons (Fsp3) is 0.632. The molecule has 0 aliphatic rings. The van der Waals surface area contributed by atoms with E-state index in [4.69, 9.17) is 14.2 Å². The summed E-state index contributed by atoms with van der Waals surface area (Å²) >= 11 is 0. The summed E-state index contributed by atoms with van der Waals surface area (Å²) in [5.74, 6) is 2.04. The number of carbonyl (C=O) groups is 1. The Morgan fingerprint density at radius 1 is 0.913 bits per heavy atom. The highest BCUT2D eigenvalue weighted by Gasteiger charge is 2.12. The lowest BCUT2D eigenvalue weighted by atomic mass is 10.1. The molecule has 0 aliphatic heterocycles. The molecule has 23 heavy (non-hydrogen) atoms. The van der Waals surface area contributed by atoms with E-state index in [-0.39, 0.29) is 18.5 Å². The van der Waals surface area contributed by atoms with E-state index in [1.807, 2.05) is 32.0 Å². The van der Waals surface area contributed by atoms with E-state index in [1.165, 1.54) is 0 Å². The molecule has 130 valence electrons. The van der Waals surface area contributed by atoms with Gasteiger partial charge in [-0.1, -0.05) is 33.8 Å². The molecule has 0 aliphatic carbocycles. The fourth-order valence-corrected chi connectivity index (χ4v) is 1.88. The first-order chi connectivity index (χ1) is 10.8. The molecule has 0 N–H and O–H groups in total. The van der Waals surface area contributed by atoms with Crippen LogP contribution in [-0.2, 0) is 16.0 Å². The second kappa shape index (κ2) is 9.43. The molecule has 1 aromatic rings. The van der Waals surface area contributed by atoms with Gasteiger partial charge in [0.2, 0.25) is 0 Å². The molecule has 0 radical (unpaired) electrons. The van der Waals surface area contributed by atoms with Gasteiger partial charge >= 0.3 is 5.97 Å². The largest absolute Gasteiger partial charge is 0.489 e. The molecule has 0 spiro atoms. The average Bonchev–Trinajstić information content (AvgIpc) is 2.42. The molecule has 0 heterocycles. The van der Waals surface area contributed by atoms with Gasteiger partial charge in [-0.3, -0.25) is 4.79 Å². The highest BCUT2D eigenvalue weighted by molar-refractivity contribution is 5.73. The molecule has 0 unspecified atom stereocenters. The number of ether oxygens (including phenoxy) is 3. The lowest BCUT2D eigenvalue weighted by molar-refractivity contribution is -0.146. The van der Waals surface area contributed by atoms with E-state index in [1.54, 1.807) is 0 Å². The number of hydrogen-bond acceptors (Lipinski definition) is 4. The Morgan fingerprint density at radius 3 is 2.00 bits per heavy atom. The van der Waals surface area contributed by atoms with Crippen molar-refractivity contribution in [2.75, 3.05) is 13.2 Å². The summed E-state index contributed by atoms with van der Waals surface area (Å²) in [5.41, 5.74) is 0.867. The molecule has 1 aromatic carbocycles. The van der Waals surface area contributed by atoms with Crippen molar-refractivity contribution in [2.45, 2.75) is 54.1 Å². The Labute approximate surface area is 140 Å². The first-order valence-electron chi connectivity index (χ1n) is 8.36. The first-order valence-corrected chi connectivity index (χ1v) is 8.36. The smallest absolute Gasteiger partial charge is 0.310 e. The third-order valence-electron chi connectivity index (χ3n) is 2.87. The number of carbonyl (C=O) groups excluding carboxylic acids is 1. The molecule has 0 saturated carbocycles. The minimum absolute atomic E-state index is 0.104. The zero-order valence-corrected chi connectivity index (χ0v) is 15.2. The topological polar surface area (TPSA) is 44.8 Å². The maximum atomic E-state index is 11.8. The normalized spacial score (nSPS) is 11.2. The summed E-state index contributed by atoms with van der Waals surface area (Å²) in [6, 6.07) is 5.63. The van der Waals surface area contributed by atoms with Crippen molar-refractivity contribution in [2.24, 2.45) is 11.8 Å². The Balaban J connectivity index is 2.84. The van der Waals surface area contributed by atoms with Crippen LogP contribution in [0.5, 0.6) is 11.5 Å². The lowest BCUT2D eigenvalue weighted by Gasteiger charge is -2.16. The first kappa shape index (κ1) is 19.3. The standard InChI is InChI=1S/C19H30O4/c1-13(2)11-21-17-8-7-16(10-19(20)23-15(5)6)9-18(17)22-12-14(3)4/h7-9,13-15H,10-12H2,1-6H3. The van der Waals surface area contributed by atoms with E-state index < -0.39 is 0 Å². The second-order valence-electron chi connectivity index (χ2n) is 6.91. The summed E-state index contributed by atoms with van der Waals surface area (Å²) in [4.78, 5) is 11.8. The van der Waals surface area contributed by atoms with E-state index in [0.717, 1.165) is 11.3 Å². The average molecular weight is 322 g/mol. The van der Waals surface area contributed by atoms with Gasteiger partial charge in [0.05, 0.1) is 25.7 Å². The van der Waals surface area contributed by atoms with Crippen LogP contribution in [0.25, 0.3) is 0 Å². The van der Waals surface area contributed by atoms with Gasteiger partial charge in [0.1, 0.15) is 0 Å². The minimum atomic E-state index is -0.231. The van der Waals surface area contributed by atoms with Crippen LogP contribution in [0.2, 0.25) is 0 Å². The van der Waals surface area contributed by atoms with Crippen LogP contribution in [0, 0.1) is 11.8 Å². The number of benzene rings is 1. The van der Waals surface area contributed by atoms with Crippen molar-refractivity contribution in [3.8, 4) is 11.5 Å². The lowest BCUT2D eigenvalue weighted by Crippen LogP contribution is -2.14. The van der Waals surface area contributed by atoms with Crippen LogP contribution in [-0.4, -0.2) is 25.3 Å². The third-order valence-corrected chi connectivity index (χ3v) is 2.87. The molecule has 0 saturated heterocycles. The zero-order chi connectivity index (χ0) is 17.4. The third kappa shape index (κ3) is 7.91. The van der Waals surface area contributed by atoms with Crippen molar-refractivity contribution in [1.29, 1.82) is 0 Å². The molecule has 1 rings (SSSR count).